The molecule has 1 N–H and O–H groups in total. The maximum absolute atomic E-state index is 12.4. The number of methoxy groups -OCH3 is 3. The van der Waals surface area contributed by atoms with Gasteiger partial charge in [0.25, 0.3) is 0 Å². The molecular weight excluding hydrogens is 354 g/mol. The molecule has 1 fully saturated rings. The average molecular weight is 390 g/mol. The molecule has 1 aliphatic carbocycles. The summed E-state index contributed by atoms with van der Waals surface area (Å²) in [5, 5.41) is 3.15. The van der Waals surface area contributed by atoms with Gasteiger partial charge < -0.3 is 19.5 Å². The fourth-order valence-electron chi connectivity index (χ4n) is 3.93. The second kappa shape index (κ2) is 9.85. The molecule has 28 heavy (non-hydrogen) atoms. The standard InChI is InChI=1S/C23H35NO4/c1-7-23(2,3)17-9-11-18(12-10-17)24-21(25)13-8-16-14-19(26-4)22(28-6)20(15-16)27-5/h8,13-15,17-18H,7,9-12H2,1-6H3,(H,24,25)/b13-8+. The summed E-state index contributed by atoms with van der Waals surface area (Å²) in [4.78, 5) is 12.4. The largest absolute Gasteiger partial charge is 0.493 e. The Bertz CT molecular complexity index is 663. The molecule has 0 radical (unpaired) electrons. The highest BCUT2D eigenvalue weighted by atomic mass is 16.5. The lowest BCUT2D eigenvalue weighted by Gasteiger charge is -2.39. The highest BCUT2D eigenvalue weighted by molar-refractivity contribution is 5.92. The molecule has 1 amide bonds. The Balaban J connectivity index is 1.96. The fraction of sp³-hybridized carbons (Fsp3) is 0.609. The average Bonchev–Trinajstić information content (AvgIpc) is 2.71. The number of carbonyl (C=O) groups excluding carboxylic acids is 1. The van der Waals surface area contributed by atoms with Crippen molar-refractivity contribution < 1.29 is 19.0 Å². The normalized spacial score (nSPS) is 20.1. The van der Waals surface area contributed by atoms with Gasteiger partial charge in [-0.3, -0.25) is 4.79 Å². The SMILES string of the molecule is CCC(C)(C)C1CCC(NC(=O)/C=C/c2cc(OC)c(OC)c(OC)c2)CC1. The van der Waals surface area contributed by atoms with Crippen LogP contribution >= 0.6 is 0 Å². The van der Waals surface area contributed by atoms with E-state index in [1.54, 1.807) is 33.5 Å². The number of amides is 1. The van der Waals surface area contributed by atoms with Crippen LogP contribution in [0.2, 0.25) is 0 Å². The maximum atomic E-state index is 12.4. The highest BCUT2D eigenvalue weighted by Crippen LogP contribution is 2.40. The first-order valence-corrected chi connectivity index (χ1v) is 10.1. The first kappa shape index (κ1) is 22.1. The van der Waals surface area contributed by atoms with E-state index in [4.69, 9.17) is 14.2 Å². The van der Waals surface area contributed by atoms with E-state index in [0.717, 1.165) is 24.3 Å². The zero-order chi connectivity index (χ0) is 20.7. The minimum absolute atomic E-state index is 0.0630. The summed E-state index contributed by atoms with van der Waals surface area (Å²) in [6, 6.07) is 3.91. The Hall–Kier alpha value is -2.17. The van der Waals surface area contributed by atoms with Crippen LogP contribution in [0, 0.1) is 11.3 Å². The molecule has 0 atom stereocenters. The van der Waals surface area contributed by atoms with Crippen molar-refractivity contribution in [2.24, 2.45) is 11.3 Å². The summed E-state index contributed by atoms with van der Waals surface area (Å²) in [6.45, 7) is 6.98. The molecule has 5 heteroatoms. The number of hydrogen-bond donors (Lipinski definition) is 1. The molecule has 1 aliphatic rings. The van der Waals surface area contributed by atoms with Gasteiger partial charge in [-0.15, -0.1) is 0 Å². The van der Waals surface area contributed by atoms with Gasteiger partial charge >= 0.3 is 0 Å². The molecule has 156 valence electrons. The van der Waals surface area contributed by atoms with Gasteiger partial charge in [-0.25, -0.2) is 0 Å². The molecule has 0 bridgehead atoms. The Labute approximate surface area is 169 Å². The minimum Gasteiger partial charge on any atom is -0.493 e. The number of hydrogen-bond acceptors (Lipinski definition) is 4. The number of benzene rings is 1. The van der Waals surface area contributed by atoms with E-state index in [-0.39, 0.29) is 11.9 Å². The Morgan fingerprint density at radius 1 is 1.07 bits per heavy atom. The Kier molecular flexibility index (Phi) is 7.78. The van der Waals surface area contributed by atoms with Gasteiger partial charge in [0, 0.05) is 12.1 Å². The lowest BCUT2D eigenvalue weighted by molar-refractivity contribution is -0.117. The van der Waals surface area contributed by atoms with Gasteiger partial charge in [-0.2, -0.15) is 0 Å². The molecule has 0 aliphatic heterocycles. The van der Waals surface area contributed by atoms with E-state index >= 15 is 0 Å². The lowest BCUT2D eigenvalue weighted by atomic mass is 9.69. The second-order valence-electron chi connectivity index (χ2n) is 8.19. The second-order valence-corrected chi connectivity index (χ2v) is 8.19. The van der Waals surface area contributed by atoms with Gasteiger partial charge in [-0.1, -0.05) is 27.2 Å². The smallest absolute Gasteiger partial charge is 0.244 e. The van der Waals surface area contributed by atoms with Crippen molar-refractivity contribution in [3.63, 3.8) is 0 Å². The third-order valence-electron chi connectivity index (χ3n) is 6.20. The molecule has 1 aromatic carbocycles. The molecule has 5 nitrogen and oxygen atoms in total. The third-order valence-corrected chi connectivity index (χ3v) is 6.20. The van der Waals surface area contributed by atoms with E-state index < -0.39 is 0 Å². The first-order valence-electron chi connectivity index (χ1n) is 10.1. The van der Waals surface area contributed by atoms with Crippen LogP contribution in [-0.4, -0.2) is 33.3 Å². The van der Waals surface area contributed by atoms with Crippen LogP contribution in [-0.2, 0) is 4.79 Å². The van der Waals surface area contributed by atoms with E-state index in [9.17, 15) is 4.79 Å². The van der Waals surface area contributed by atoms with Crippen molar-refractivity contribution >= 4 is 12.0 Å². The van der Waals surface area contributed by atoms with E-state index in [2.05, 4.69) is 26.1 Å². The van der Waals surface area contributed by atoms with E-state index in [0.29, 0.717) is 22.7 Å². The Morgan fingerprint density at radius 2 is 1.64 bits per heavy atom. The molecule has 1 aromatic rings. The molecule has 2 rings (SSSR count). The minimum atomic E-state index is -0.0630. The van der Waals surface area contributed by atoms with E-state index in [1.807, 2.05) is 12.1 Å². The predicted octanol–water partition coefficient (Wildman–Crippen LogP) is 4.84. The van der Waals surface area contributed by atoms with Crippen molar-refractivity contribution in [2.75, 3.05) is 21.3 Å². The fourth-order valence-corrected chi connectivity index (χ4v) is 3.93. The molecule has 1 saturated carbocycles. The van der Waals surface area contributed by atoms with Gasteiger partial charge in [0.15, 0.2) is 11.5 Å². The quantitative estimate of drug-likeness (QED) is 0.647. The summed E-state index contributed by atoms with van der Waals surface area (Å²) in [7, 11) is 4.72. The van der Waals surface area contributed by atoms with Crippen LogP contribution in [0.1, 0.15) is 58.4 Å². The number of rotatable bonds is 8. The maximum Gasteiger partial charge on any atom is 0.244 e. The summed E-state index contributed by atoms with van der Waals surface area (Å²) in [6.07, 6.45) is 9.01. The van der Waals surface area contributed by atoms with Gasteiger partial charge in [0.2, 0.25) is 11.7 Å². The summed E-state index contributed by atoms with van der Waals surface area (Å²) in [5.41, 5.74) is 1.21. The number of ether oxygens (including phenoxy) is 3. The first-order chi connectivity index (χ1) is 13.3. The van der Waals surface area contributed by atoms with Crippen molar-refractivity contribution in [2.45, 2.75) is 58.9 Å². The van der Waals surface area contributed by atoms with Gasteiger partial charge in [-0.05, 0) is 60.8 Å². The molecule has 0 heterocycles. The zero-order valence-electron chi connectivity index (χ0n) is 18.1. The lowest BCUT2D eigenvalue weighted by Crippen LogP contribution is -2.39. The highest BCUT2D eigenvalue weighted by Gasteiger charge is 2.31. The summed E-state index contributed by atoms with van der Waals surface area (Å²) in [5.74, 6) is 2.36. The third kappa shape index (κ3) is 5.43. The van der Waals surface area contributed by atoms with Gasteiger partial charge in [0.1, 0.15) is 0 Å². The van der Waals surface area contributed by atoms with E-state index in [1.165, 1.54) is 19.3 Å². The molecule has 0 unspecified atom stereocenters. The van der Waals surface area contributed by atoms with Crippen LogP contribution in [0.3, 0.4) is 0 Å². The van der Waals surface area contributed by atoms with Crippen LogP contribution in [0.5, 0.6) is 17.2 Å². The summed E-state index contributed by atoms with van der Waals surface area (Å²) < 4.78 is 16.0. The number of nitrogens with one attached hydrogen (secondary N) is 1. The molecule has 0 aromatic heterocycles. The number of carbonyl (C=O) groups is 1. The van der Waals surface area contributed by atoms with Crippen molar-refractivity contribution in [1.29, 1.82) is 0 Å². The van der Waals surface area contributed by atoms with Crippen LogP contribution < -0.4 is 19.5 Å². The molecular formula is C23H35NO4. The van der Waals surface area contributed by atoms with Crippen molar-refractivity contribution in [3.8, 4) is 17.2 Å². The zero-order valence-corrected chi connectivity index (χ0v) is 18.1. The van der Waals surface area contributed by atoms with Crippen LogP contribution in [0.4, 0.5) is 0 Å². The van der Waals surface area contributed by atoms with Crippen molar-refractivity contribution in [3.05, 3.63) is 23.8 Å². The van der Waals surface area contributed by atoms with Crippen molar-refractivity contribution in [1.82, 2.24) is 5.32 Å². The van der Waals surface area contributed by atoms with Gasteiger partial charge in [0.05, 0.1) is 21.3 Å². The predicted molar refractivity (Wildman–Crippen MR) is 113 cm³/mol. The van der Waals surface area contributed by atoms with Crippen LogP contribution in [0.25, 0.3) is 6.08 Å². The Morgan fingerprint density at radius 3 is 2.11 bits per heavy atom. The molecule has 0 spiro atoms. The monoisotopic (exact) mass is 389 g/mol. The molecule has 0 saturated heterocycles. The summed E-state index contributed by atoms with van der Waals surface area (Å²) >= 11 is 0. The van der Waals surface area contributed by atoms with Crippen LogP contribution in [0.15, 0.2) is 18.2 Å². The topological polar surface area (TPSA) is 56.8 Å².